The summed E-state index contributed by atoms with van der Waals surface area (Å²) in [6.45, 7) is 0.640. The molecule has 0 aliphatic heterocycles. The van der Waals surface area contributed by atoms with Crippen molar-refractivity contribution in [2.75, 3.05) is 5.32 Å². The Labute approximate surface area is 131 Å². The van der Waals surface area contributed by atoms with Crippen LogP contribution in [0.2, 0.25) is 5.02 Å². The van der Waals surface area contributed by atoms with E-state index in [0.29, 0.717) is 16.4 Å². The molecular weight excluding hydrogens is 304 g/mol. The highest BCUT2D eigenvalue weighted by Gasteiger charge is 2.07. The monoisotopic (exact) mass is 314 g/mol. The predicted octanol–water partition coefficient (Wildman–Crippen LogP) is 4.07. The van der Waals surface area contributed by atoms with Crippen molar-refractivity contribution in [1.29, 1.82) is 5.26 Å². The highest BCUT2D eigenvalue weighted by atomic mass is 35.5. The number of nitrogens with zero attached hydrogens (tertiary/aromatic N) is 3. The number of nitriles is 1. The van der Waals surface area contributed by atoms with Gasteiger partial charge in [-0.3, -0.25) is 0 Å². The van der Waals surface area contributed by atoms with Crippen LogP contribution in [0, 0.1) is 11.3 Å². The first-order valence-corrected chi connectivity index (χ1v) is 7.48. The lowest BCUT2D eigenvalue weighted by Crippen LogP contribution is -2.04. The number of thiophene rings is 1. The van der Waals surface area contributed by atoms with Crippen LogP contribution >= 0.6 is 22.9 Å². The smallest absolute Gasteiger partial charge is 0.110 e. The fraction of sp³-hybridized carbons (Fsp3) is 0.0667. The van der Waals surface area contributed by atoms with Crippen LogP contribution in [0.15, 0.2) is 48.8 Å². The van der Waals surface area contributed by atoms with Gasteiger partial charge in [0.05, 0.1) is 11.4 Å². The van der Waals surface area contributed by atoms with Gasteiger partial charge in [0, 0.05) is 28.8 Å². The van der Waals surface area contributed by atoms with E-state index in [1.54, 1.807) is 10.9 Å². The van der Waals surface area contributed by atoms with Crippen LogP contribution in [-0.2, 0) is 6.54 Å². The van der Waals surface area contributed by atoms with Gasteiger partial charge in [-0.15, -0.1) is 11.3 Å². The maximum atomic E-state index is 8.85. The van der Waals surface area contributed by atoms with Crippen molar-refractivity contribution in [3.05, 3.63) is 63.6 Å². The van der Waals surface area contributed by atoms with E-state index in [-0.39, 0.29) is 0 Å². The third-order valence-electron chi connectivity index (χ3n) is 2.93. The third-order valence-corrected chi connectivity index (χ3v) is 4.16. The molecule has 0 radical (unpaired) electrons. The number of hydrogen-bond donors (Lipinski definition) is 1. The summed E-state index contributed by atoms with van der Waals surface area (Å²) in [6, 6.07) is 13.4. The minimum Gasteiger partial charge on any atom is -0.378 e. The fourth-order valence-corrected chi connectivity index (χ4v) is 2.89. The third kappa shape index (κ3) is 3.07. The van der Waals surface area contributed by atoms with E-state index in [9.17, 15) is 0 Å². The highest BCUT2D eigenvalue weighted by Crippen LogP contribution is 2.25. The van der Waals surface area contributed by atoms with E-state index in [1.165, 1.54) is 11.3 Å². The van der Waals surface area contributed by atoms with Gasteiger partial charge in [0.15, 0.2) is 0 Å². The summed E-state index contributed by atoms with van der Waals surface area (Å²) in [5.41, 5.74) is 1.83. The Balaban J connectivity index is 1.84. The summed E-state index contributed by atoms with van der Waals surface area (Å²) in [4.78, 5) is 1.81. The number of hydrogen-bond acceptors (Lipinski definition) is 4. The lowest BCUT2D eigenvalue weighted by atomic mass is 10.2. The first kappa shape index (κ1) is 13.7. The molecule has 0 fully saturated rings. The van der Waals surface area contributed by atoms with Crippen LogP contribution in [0.5, 0.6) is 0 Å². The highest BCUT2D eigenvalue weighted by molar-refractivity contribution is 7.12. The van der Waals surface area contributed by atoms with E-state index in [1.807, 2.05) is 42.6 Å². The molecule has 1 aromatic carbocycles. The molecule has 2 aromatic heterocycles. The zero-order chi connectivity index (χ0) is 14.7. The van der Waals surface area contributed by atoms with E-state index >= 15 is 0 Å². The molecule has 0 bridgehead atoms. The quantitative estimate of drug-likeness (QED) is 0.789. The van der Waals surface area contributed by atoms with E-state index in [0.717, 1.165) is 16.3 Å². The predicted molar refractivity (Wildman–Crippen MR) is 84.9 cm³/mol. The molecule has 1 N–H and O–H groups in total. The van der Waals surface area contributed by atoms with Crippen LogP contribution in [0.25, 0.3) is 5.69 Å². The molecule has 2 heterocycles. The van der Waals surface area contributed by atoms with Gasteiger partial charge in [0.2, 0.25) is 0 Å². The van der Waals surface area contributed by atoms with Gasteiger partial charge < -0.3 is 5.32 Å². The Hall–Kier alpha value is -2.29. The molecular formula is C15H11ClN4S. The minimum absolute atomic E-state index is 0.640. The lowest BCUT2D eigenvalue weighted by molar-refractivity contribution is 0.879. The summed E-state index contributed by atoms with van der Waals surface area (Å²) in [5, 5.41) is 17.1. The summed E-state index contributed by atoms with van der Waals surface area (Å²) in [5.74, 6) is 0. The second-order valence-electron chi connectivity index (χ2n) is 4.34. The van der Waals surface area contributed by atoms with Crippen molar-refractivity contribution < 1.29 is 0 Å². The molecule has 0 aliphatic carbocycles. The number of anilines is 1. The molecule has 104 valence electrons. The SMILES string of the molecule is N#Cc1ccc(CNc2cc(Cl)ccc2-n2cccn2)s1. The maximum Gasteiger partial charge on any atom is 0.110 e. The molecule has 0 saturated heterocycles. The summed E-state index contributed by atoms with van der Waals surface area (Å²) in [7, 11) is 0. The van der Waals surface area contributed by atoms with Crippen molar-refractivity contribution in [3.8, 4) is 11.8 Å². The molecule has 3 aromatic rings. The number of nitrogens with one attached hydrogen (secondary N) is 1. The van der Waals surface area contributed by atoms with Gasteiger partial charge in [-0.25, -0.2) is 4.68 Å². The Morgan fingerprint density at radius 3 is 2.95 bits per heavy atom. The van der Waals surface area contributed by atoms with Crippen molar-refractivity contribution >= 4 is 28.6 Å². The van der Waals surface area contributed by atoms with E-state index < -0.39 is 0 Å². The second-order valence-corrected chi connectivity index (χ2v) is 5.95. The maximum absolute atomic E-state index is 8.85. The average molecular weight is 315 g/mol. The summed E-state index contributed by atoms with van der Waals surface area (Å²) in [6.07, 6.45) is 3.62. The normalized spacial score (nSPS) is 10.3. The summed E-state index contributed by atoms with van der Waals surface area (Å²) < 4.78 is 1.79. The lowest BCUT2D eigenvalue weighted by Gasteiger charge is -2.12. The number of benzene rings is 1. The first-order valence-electron chi connectivity index (χ1n) is 6.28. The Morgan fingerprint density at radius 1 is 1.33 bits per heavy atom. The van der Waals surface area contributed by atoms with Crippen molar-refractivity contribution in [1.82, 2.24) is 9.78 Å². The molecule has 0 amide bonds. The number of aromatic nitrogens is 2. The van der Waals surface area contributed by atoms with Gasteiger partial charge in [0.1, 0.15) is 10.9 Å². The van der Waals surface area contributed by atoms with Crippen LogP contribution in [0.4, 0.5) is 5.69 Å². The largest absolute Gasteiger partial charge is 0.378 e. The molecule has 0 unspecified atom stereocenters. The molecule has 0 aliphatic rings. The van der Waals surface area contributed by atoms with Crippen LogP contribution < -0.4 is 5.32 Å². The van der Waals surface area contributed by atoms with E-state index in [2.05, 4.69) is 16.5 Å². The zero-order valence-corrected chi connectivity index (χ0v) is 12.5. The molecule has 3 rings (SSSR count). The van der Waals surface area contributed by atoms with Crippen molar-refractivity contribution in [3.63, 3.8) is 0 Å². The van der Waals surface area contributed by atoms with E-state index in [4.69, 9.17) is 16.9 Å². The summed E-state index contributed by atoms with van der Waals surface area (Å²) >= 11 is 7.56. The number of halogens is 1. The second kappa shape index (κ2) is 6.00. The van der Waals surface area contributed by atoms with Crippen molar-refractivity contribution in [2.45, 2.75) is 6.54 Å². The zero-order valence-electron chi connectivity index (χ0n) is 11.0. The standard InChI is InChI=1S/C15H11ClN4S/c16-11-2-5-15(20-7-1-6-19-20)14(8-11)18-10-13-4-3-12(9-17)21-13/h1-8,18H,10H2. The van der Waals surface area contributed by atoms with Crippen LogP contribution in [0.3, 0.4) is 0 Å². The molecule has 0 atom stereocenters. The molecule has 21 heavy (non-hydrogen) atoms. The topological polar surface area (TPSA) is 53.6 Å². The molecule has 0 saturated carbocycles. The number of rotatable bonds is 4. The average Bonchev–Trinajstić information content (AvgIpc) is 3.16. The fourth-order valence-electron chi connectivity index (χ4n) is 1.98. The minimum atomic E-state index is 0.640. The van der Waals surface area contributed by atoms with Gasteiger partial charge in [-0.05, 0) is 36.4 Å². The van der Waals surface area contributed by atoms with Gasteiger partial charge in [0.25, 0.3) is 0 Å². The molecule has 6 heteroatoms. The van der Waals surface area contributed by atoms with Gasteiger partial charge in [-0.2, -0.15) is 10.4 Å². The van der Waals surface area contributed by atoms with Crippen molar-refractivity contribution in [2.24, 2.45) is 0 Å². The molecule has 4 nitrogen and oxygen atoms in total. The van der Waals surface area contributed by atoms with Gasteiger partial charge in [-0.1, -0.05) is 11.6 Å². The van der Waals surface area contributed by atoms with Crippen LogP contribution in [0.1, 0.15) is 9.75 Å². The van der Waals surface area contributed by atoms with Crippen LogP contribution in [-0.4, -0.2) is 9.78 Å². The Kier molecular flexibility index (Phi) is 3.91. The molecule has 0 spiro atoms. The first-order chi connectivity index (χ1) is 10.3. The Bertz CT molecular complexity index is 786. The van der Waals surface area contributed by atoms with Gasteiger partial charge >= 0.3 is 0 Å². The Morgan fingerprint density at radius 2 is 2.24 bits per heavy atom.